The molecule has 8 rings (SSSR count). The number of aliphatic hydroxyl groups is 1. The fraction of sp³-hybridized carbons (Fsp3) is 0.229. The number of benzene rings is 6. The molecular formula is C48H46N4O4. The number of aliphatic hydroxyl groups excluding tert-OH is 1. The Bertz CT molecular complexity index is 2470. The summed E-state index contributed by atoms with van der Waals surface area (Å²) in [7, 11) is 2.16. The molecule has 1 aliphatic rings. The first-order valence-corrected chi connectivity index (χ1v) is 19.2. The van der Waals surface area contributed by atoms with E-state index in [1.807, 2.05) is 54.6 Å². The first kappa shape index (κ1) is 37.2. The molecule has 0 bridgehead atoms. The molecule has 2 N–H and O–H groups in total. The van der Waals surface area contributed by atoms with Crippen molar-refractivity contribution >= 4 is 27.7 Å². The molecule has 8 nitrogen and oxygen atoms in total. The molecule has 1 saturated heterocycles. The fourth-order valence-corrected chi connectivity index (χ4v) is 7.56. The van der Waals surface area contributed by atoms with Crippen LogP contribution in [0.1, 0.15) is 70.6 Å². The molecule has 0 radical (unpaired) electrons. The van der Waals surface area contributed by atoms with E-state index in [2.05, 4.69) is 126 Å². The van der Waals surface area contributed by atoms with E-state index in [1.54, 1.807) is 0 Å². The highest BCUT2D eigenvalue weighted by atomic mass is 16.7. The molecule has 1 amide bonds. The first-order chi connectivity index (χ1) is 27.3. The number of nitrogens with one attached hydrogen (secondary N) is 1. The smallest absolute Gasteiger partial charge is 0.271 e. The van der Waals surface area contributed by atoms with Gasteiger partial charge in [0.15, 0.2) is 6.29 Å². The summed E-state index contributed by atoms with van der Waals surface area (Å²) in [5.74, 6) is -0.225. The highest BCUT2D eigenvalue weighted by Gasteiger charge is 2.39. The summed E-state index contributed by atoms with van der Waals surface area (Å²) < 4.78 is 13.7. The van der Waals surface area contributed by atoms with Crippen molar-refractivity contribution in [2.75, 3.05) is 13.6 Å². The van der Waals surface area contributed by atoms with Crippen molar-refractivity contribution in [2.45, 2.75) is 51.5 Å². The van der Waals surface area contributed by atoms with Crippen LogP contribution >= 0.6 is 0 Å². The Morgan fingerprint density at radius 2 is 1.50 bits per heavy atom. The van der Waals surface area contributed by atoms with Crippen molar-refractivity contribution in [3.63, 3.8) is 0 Å². The number of hydrogen-bond donors (Lipinski definition) is 2. The van der Waals surface area contributed by atoms with Crippen LogP contribution < -0.4 is 5.32 Å². The van der Waals surface area contributed by atoms with Crippen molar-refractivity contribution in [2.24, 2.45) is 5.92 Å². The third-order valence-electron chi connectivity index (χ3n) is 11.1. The van der Waals surface area contributed by atoms with Gasteiger partial charge in [-0.1, -0.05) is 116 Å². The minimum Gasteiger partial charge on any atom is -0.392 e. The van der Waals surface area contributed by atoms with Crippen molar-refractivity contribution in [1.82, 2.24) is 20.2 Å². The van der Waals surface area contributed by atoms with Crippen molar-refractivity contribution < 1.29 is 19.4 Å². The number of carbonyl (C=O) groups excluding carboxylic acids is 1. The zero-order chi connectivity index (χ0) is 38.6. The molecule has 1 fully saturated rings. The van der Waals surface area contributed by atoms with Crippen LogP contribution in [0.15, 0.2) is 146 Å². The summed E-state index contributed by atoms with van der Waals surface area (Å²) in [5, 5.41) is 15.2. The number of carbonyl (C=O) groups is 1. The molecule has 1 aliphatic heterocycles. The minimum absolute atomic E-state index is 0.00727. The second kappa shape index (κ2) is 16.5. The molecule has 8 heteroatoms. The predicted octanol–water partition coefficient (Wildman–Crippen LogP) is 9.36. The average Bonchev–Trinajstić information content (AvgIpc) is 3.25. The Labute approximate surface area is 327 Å². The Morgan fingerprint density at radius 1 is 0.768 bits per heavy atom. The van der Waals surface area contributed by atoms with Gasteiger partial charge in [0.2, 0.25) is 0 Å². The van der Waals surface area contributed by atoms with Crippen LogP contribution in [0.5, 0.6) is 0 Å². The zero-order valence-electron chi connectivity index (χ0n) is 31.9. The molecule has 1 aromatic heterocycles. The first-order valence-electron chi connectivity index (χ1n) is 19.2. The van der Waals surface area contributed by atoms with Crippen LogP contribution in [0.3, 0.4) is 0 Å². The highest BCUT2D eigenvalue weighted by Crippen LogP contribution is 2.43. The molecule has 6 aromatic carbocycles. The van der Waals surface area contributed by atoms with E-state index in [4.69, 9.17) is 9.47 Å². The molecule has 0 aliphatic carbocycles. The molecule has 5 atom stereocenters. The molecule has 7 aromatic rings. The van der Waals surface area contributed by atoms with Crippen LogP contribution in [0.4, 0.5) is 0 Å². The molecule has 0 unspecified atom stereocenters. The largest absolute Gasteiger partial charge is 0.392 e. The van der Waals surface area contributed by atoms with Crippen LogP contribution in [0.25, 0.3) is 32.9 Å². The van der Waals surface area contributed by atoms with E-state index in [0.29, 0.717) is 18.6 Å². The average molecular weight is 743 g/mol. The molecule has 2 heterocycles. The summed E-state index contributed by atoms with van der Waals surface area (Å²) in [6.45, 7) is 5.49. The third-order valence-corrected chi connectivity index (χ3v) is 11.1. The maximum absolute atomic E-state index is 13.0. The SMILES string of the molecule is C[C@@H]1[C@H](CN(C)[C@H](C)c2ccc3ccccc3c2)O[C@H](c2cccc(-c3cccc(CNC(=O)c4cnc5ccccc5n4)c3)c2)O[C@@H]1c1ccc(CO)cc1. The molecule has 282 valence electrons. The highest BCUT2D eigenvalue weighted by molar-refractivity contribution is 5.93. The maximum Gasteiger partial charge on any atom is 0.271 e. The van der Waals surface area contributed by atoms with Gasteiger partial charge in [0.05, 0.1) is 36.0 Å². The number of para-hydroxylation sites is 2. The Kier molecular flexibility index (Phi) is 11.0. The maximum atomic E-state index is 13.0. The molecule has 0 saturated carbocycles. The van der Waals surface area contributed by atoms with Gasteiger partial charge in [0, 0.05) is 30.6 Å². The fourth-order valence-electron chi connectivity index (χ4n) is 7.56. The van der Waals surface area contributed by atoms with Gasteiger partial charge >= 0.3 is 0 Å². The summed E-state index contributed by atoms with van der Waals surface area (Å²) in [4.78, 5) is 24.3. The summed E-state index contributed by atoms with van der Waals surface area (Å²) >= 11 is 0. The van der Waals surface area contributed by atoms with E-state index in [0.717, 1.165) is 38.9 Å². The van der Waals surface area contributed by atoms with Gasteiger partial charge in [-0.3, -0.25) is 14.7 Å². The van der Waals surface area contributed by atoms with E-state index >= 15 is 0 Å². The van der Waals surface area contributed by atoms with E-state index in [1.165, 1.54) is 22.5 Å². The number of aromatic nitrogens is 2. The summed E-state index contributed by atoms with van der Waals surface area (Å²) in [6, 6.07) is 47.4. The van der Waals surface area contributed by atoms with Gasteiger partial charge in [-0.2, -0.15) is 0 Å². The number of ether oxygens (including phenoxy) is 2. The Hall–Kier alpha value is -5.77. The number of likely N-dealkylation sites (N-methyl/N-ethyl adjacent to an activating group) is 1. The standard InChI is InChI=1S/C48H46N4O4/c1-31-45(29-52(3)32(2)37-23-22-35-11-4-5-12-39(35)25-37)55-48(56-46(31)36-20-18-33(30-53)19-21-36)41-15-9-14-40(26-41)38-13-8-10-34(24-38)27-50-47(54)44-28-49-42-16-6-7-17-43(42)51-44/h4-26,28,31-32,45-46,48,53H,27,29-30H2,1-3H3,(H,50,54)/t31-,32-,45+,46+,48+/m1/s1. The summed E-state index contributed by atoms with van der Waals surface area (Å²) in [6.07, 6.45) is 0.554. The quantitative estimate of drug-likeness (QED) is 0.136. The van der Waals surface area contributed by atoms with Gasteiger partial charge in [0.25, 0.3) is 5.91 Å². The van der Waals surface area contributed by atoms with Crippen LogP contribution in [0.2, 0.25) is 0 Å². The molecule has 56 heavy (non-hydrogen) atoms. The van der Waals surface area contributed by atoms with E-state index in [9.17, 15) is 9.90 Å². The van der Waals surface area contributed by atoms with Crippen LogP contribution in [0, 0.1) is 5.92 Å². The van der Waals surface area contributed by atoms with Crippen LogP contribution in [-0.2, 0) is 22.6 Å². The number of fused-ring (bicyclic) bond motifs is 2. The molecular weight excluding hydrogens is 697 g/mol. The van der Waals surface area contributed by atoms with Crippen molar-refractivity contribution in [3.05, 3.63) is 179 Å². The minimum atomic E-state index is -0.603. The lowest BCUT2D eigenvalue weighted by atomic mass is 9.89. The van der Waals surface area contributed by atoms with Gasteiger partial charge in [-0.15, -0.1) is 0 Å². The van der Waals surface area contributed by atoms with Crippen molar-refractivity contribution in [3.8, 4) is 11.1 Å². The lowest BCUT2D eigenvalue weighted by molar-refractivity contribution is -0.276. The number of nitrogens with zero attached hydrogens (tertiary/aromatic N) is 3. The predicted molar refractivity (Wildman–Crippen MR) is 221 cm³/mol. The zero-order valence-corrected chi connectivity index (χ0v) is 31.9. The Balaban J connectivity index is 1.01. The van der Waals surface area contributed by atoms with Gasteiger partial charge in [0.1, 0.15) is 5.69 Å². The number of hydrogen-bond acceptors (Lipinski definition) is 7. The van der Waals surface area contributed by atoms with Crippen LogP contribution in [-0.4, -0.2) is 45.6 Å². The third kappa shape index (κ3) is 8.10. The second-order valence-corrected chi connectivity index (χ2v) is 14.8. The van der Waals surface area contributed by atoms with E-state index in [-0.39, 0.29) is 42.4 Å². The monoisotopic (exact) mass is 742 g/mol. The lowest BCUT2D eigenvalue weighted by Gasteiger charge is -2.43. The second-order valence-electron chi connectivity index (χ2n) is 14.8. The Morgan fingerprint density at radius 3 is 2.30 bits per heavy atom. The van der Waals surface area contributed by atoms with Crippen molar-refractivity contribution in [1.29, 1.82) is 0 Å². The van der Waals surface area contributed by atoms with Gasteiger partial charge < -0.3 is 19.9 Å². The van der Waals surface area contributed by atoms with Gasteiger partial charge in [-0.05, 0) is 88.5 Å². The topological polar surface area (TPSA) is 96.8 Å². The summed E-state index contributed by atoms with van der Waals surface area (Å²) in [5.41, 5.74) is 8.82. The lowest BCUT2D eigenvalue weighted by Crippen LogP contribution is -2.44. The van der Waals surface area contributed by atoms with Gasteiger partial charge in [-0.25, -0.2) is 4.98 Å². The number of amides is 1. The number of rotatable bonds is 11. The normalized spacial score (nSPS) is 18.9. The molecule has 0 spiro atoms. The van der Waals surface area contributed by atoms with E-state index < -0.39 is 6.29 Å².